The third-order valence-electron chi connectivity index (χ3n) is 2.72. The van der Waals surface area contributed by atoms with E-state index in [4.69, 9.17) is 0 Å². The highest BCUT2D eigenvalue weighted by Gasteiger charge is 2.17. The van der Waals surface area contributed by atoms with Crippen LogP contribution in [0.2, 0.25) is 0 Å². The van der Waals surface area contributed by atoms with Crippen LogP contribution in [-0.4, -0.2) is 5.33 Å². The second kappa shape index (κ2) is 4.14. The summed E-state index contributed by atoms with van der Waals surface area (Å²) in [6, 6.07) is 6.67. The quantitative estimate of drug-likeness (QED) is 0.689. The van der Waals surface area contributed by atoms with Crippen LogP contribution in [0.1, 0.15) is 17.5 Å². The van der Waals surface area contributed by atoms with E-state index in [1.807, 2.05) is 0 Å². The molecule has 1 aromatic rings. The molecule has 2 heteroatoms. The van der Waals surface area contributed by atoms with Crippen LogP contribution in [-0.2, 0) is 12.8 Å². The van der Waals surface area contributed by atoms with Gasteiger partial charge in [0.15, 0.2) is 0 Å². The topological polar surface area (TPSA) is 0 Å². The van der Waals surface area contributed by atoms with Gasteiger partial charge >= 0.3 is 0 Å². The lowest BCUT2D eigenvalue weighted by Gasteiger charge is -2.22. The highest BCUT2D eigenvalue weighted by molar-refractivity contribution is 9.10. The Morgan fingerprint density at radius 2 is 2.15 bits per heavy atom. The minimum atomic E-state index is 0.841. The largest absolute Gasteiger partial charge is 0.0925 e. The molecule has 1 aliphatic carbocycles. The number of aryl methyl sites for hydroxylation is 1. The van der Waals surface area contributed by atoms with E-state index in [1.54, 1.807) is 5.56 Å². The Balaban J connectivity index is 2.26. The molecule has 0 saturated carbocycles. The van der Waals surface area contributed by atoms with E-state index in [9.17, 15) is 0 Å². The maximum Gasteiger partial charge on any atom is 0.0178 e. The lowest BCUT2D eigenvalue weighted by molar-refractivity contribution is 0.512. The van der Waals surface area contributed by atoms with Gasteiger partial charge in [-0.2, -0.15) is 0 Å². The molecule has 0 bridgehead atoms. The highest BCUT2D eigenvalue weighted by Crippen LogP contribution is 2.28. The summed E-state index contributed by atoms with van der Waals surface area (Å²) in [4.78, 5) is 0. The summed E-state index contributed by atoms with van der Waals surface area (Å²) in [5, 5.41) is 1.14. The van der Waals surface area contributed by atoms with Gasteiger partial charge in [0.2, 0.25) is 0 Å². The number of fused-ring (bicyclic) bond motifs is 1. The first kappa shape index (κ1) is 9.72. The maximum absolute atomic E-state index is 3.57. The molecule has 2 rings (SSSR count). The number of benzene rings is 1. The Hall–Kier alpha value is 0.180. The molecule has 0 saturated heterocycles. The molecule has 1 unspecified atom stereocenters. The zero-order valence-electron chi connectivity index (χ0n) is 7.39. The molecule has 0 N–H and O–H groups in total. The molecule has 0 nitrogen and oxygen atoms in total. The van der Waals surface area contributed by atoms with Crippen LogP contribution in [0, 0.1) is 5.92 Å². The number of halogens is 2. The fourth-order valence-electron chi connectivity index (χ4n) is 1.93. The van der Waals surface area contributed by atoms with Crippen LogP contribution < -0.4 is 0 Å². The molecular formula is C11H12Br2. The smallest absolute Gasteiger partial charge is 0.0178 e. The Kier molecular flexibility index (Phi) is 3.10. The second-order valence-corrected chi connectivity index (χ2v) is 5.24. The minimum absolute atomic E-state index is 0.841. The van der Waals surface area contributed by atoms with E-state index in [2.05, 4.69) is 50.1 Å². The summed E-state index contributed by atoms with van der Waals surface area (Å²) in [5.41, 5.74) is 3.07. The molecule has 1 atom stereocenters. The first-order chi connectivity index (χ1) is 6.29. The number of hydrogen-bond donors (Lipinski definition) is 0. The molecule has 1 aromatic carbocycles. The van der Waals surface area contributed by atoms with Crippen molar-refractivity contribution >= 4 is 31.9 Å². The molecule has 13 heavy (non-hydrogen) atoms. The lowest BCUT2D eigenvalue weighted by Crippen LogP contribution is -2.15. The first-order valence-electron chi connectivity index (χ1n) is 4.63. The molecular weight excluding hydrogens is 292 g/mol. The van der Waals surface area contributed by atoms with Gasteiger partial charge in [0.05, 0.1) is 0 Å². The Morgan fingerprint density at radius 1 is 1.31 bits per heavy atom. The summed E-state index contributed by atoms with van der Waals surface area (Å²) in [6.45, 7) is 0. The fourth-order valence-corrected chi connectivity index (χ4v) is 2.89. The second-order valence-electron chi connectivity index (χ2n) is 3.68. The van der Waals surface area contributed by atoms with Crippen LogP contribution in [0.5, 0.6) is 0 Å². The third-order valence-corrected chi connectivity index (χ3v) is 4.13. The highest BCUT2D eigenvalue weighted by atomic mass is 79.9. The van der Waals surface area contributed by atoms with E-state index in [0.717, 1.165) is 11.2 Å². The Labute approximate surface area is 96.0 Å². The van der Waals surface area contributed by atoms with E-state index < -0.39 is 0 Å². The average Bonchev–Trinajstić information content (AvgIpc) is 2.17. The normalized spacial score (nSPS) is 21.2. The molecule has 0 radical (unpaired) electrons. The predicted octanol–water partition coefficient (Wildman–Crippen LogP) is 3.95. The van der Waals surface area contributed by atoms with Crippen LogP contribution in [0.3, 0.4) is 0 Å². The Bertz CT molecular complexity index is 307. The molecule has 0 aliphatic heterocycles. The molecule has 0 amide bonds. The molecule has 0 fully saturated rings. The number of alkyl halides is 1. The van der Waals surface area contributed by atoms with Gasteiger partial charge in [0, 0.05) is 9.80 Å². The van der Waals surface area contributed by atoms with Gasteiger partial charge in [-0.15, -0.1) is 0 Å². The summed E-state index contributed by atoms with van der Waals surface area (Å²) in [5.74, 6) is 0.841. The maximum atomic E-state index is 3.57. The molecule has 0 aromatic heterocycles. The molecule has 0 spiro atoms. The standard InChI is InChI=1S/C11H12Br2/c12-7-8-1-2-10-6-11(13)4-3-9(10)5-8/h3-4,6,8H,1-2,5,7H2. The summed E-state index contributed by atoms with van der Waals surface area (Å²) in [6.07, 6.45) is 3.81. The third kappa shape index (κ3) is 2.16. The van der Waals surface area contributed by atoms with Crippen molar-refractivity contribution < 1.29 is 0 Å². The van der Waals surface area contributed by atoms with E-state index in [0.29, 0.717) is 0 Å². The van der Waals surface area contributed by atoms with Crippen LogP contribution in [0.25, 0.3) is 0 Å². The monoisotopic (exact) mass is 302 g/mol. The minimum Gasteiger partial charge on any atom is -0.0925 e. The molecule has 1 aliphatic rings. The van der Waals surface area contributed by atoms with Gasteiger partial charge < -0.3 is 0 Å². The van der Waals surface area contributed by atoms with Gasteiger partial charge in [-0.25, -0.2) is 0 Å². The summed E-state index contributed by atoms with van der Waals surface area (Å²) in [7, 11) is 0. The van der Waals surface area contributed by atoms with Crippen molar-refractivity contribution in [2.24, 2.45) is 5.92 Å². The van der Waals surface area contributed by atoms with E-state index in [1.165, 1.54) is 29.3 Å². The SMILES string of the molecule is BrCC1CCc2cc(Br)ccc2C1. The van der Waals surface area contributed by atoms with Crippen molar-refractivity contribution in [1.29, 1.82) is 0 Å². The van der Waals surface area contributed by atoms with Crippen molar-refractivity contribution in [2.75, 3.05) is 5.33 Å². The molecule has 0 heterocycles. The van der Waals surface area contributed by atoms with Crippen LogP contribution in [0.15, 0.2) is 22.7 Å². The first-order valence-corrected chi connectivity index (χ1v) is 6.54. The average molecular weight is 304 g/mol. The van der Waals surface area contributed by atoms with Gasteiger partial charge in [0.1, 0.15) is 0 Å². The van der Waals surface area contributed by atoms with Crippen molar-refractivity contribution in [1.82, 2.24) is 0 Å². The van der Waals surface area contributed by atoms with Crippen LogP contribution in [0.4, 0.5) is 0 Å². The lowest BCUT2D eigenvalue weighted by atomic mass is 9.85. The van der Waals surface area contributed by atoms with Crippen molar-refractivity contribution in [3.8, 4) is 0 Å². The van der Waals surface area contributed by atoms with Crippen LogP contribution >= 0.6 is 31.9 Å². The fraction of sp³-hybridized carbons (Fsp3) is 0.455. The van der Waals surface area contributed by atoms with Gasteiger partial charge in [-0.3, -0.25) is 0 Å². The molecule has 70 valence electrons. The van der Waals surface area contributed by atoms with Gasteiger partial charge in [-0.05, 0) is 48.4 Å². The van der Waals surface area contributed by atoms with Gasteiger partial charge in [0.25, 0.3) is 0 Å². The zero-order valence-corrected chi connectivity index (χ0v) is 10.6. The van der Waals surface area contributed by atoms with Crippen molar-refractivity contribution in [3.05, 3.63) is 33.8 Å². The van der Waals surface area contributed by atoms with Crippen molar-refractivity contribution in [2.45, 2.75) is 19.3 Å². The number of hydrogen-bond acceptors (Lipinski definition) is 0. The predicted molar refractivity (Wildman–Crippen MR) is 63.5 cm³/mol. The van der Waals surface area contributed by atoms with E-state index in [-0.39, 0.29) is 0 Å². The number of rotatable bonds is 1. The van der Waals surface area contributed by atoms with E-state index >= 15 is 0 Å². The Morgan fingerprint density at radius 3 is 2.92 bits per heavy atom. The zero-order chi connectivity index (χ0) is 9.26. The van der Waals surface area contributed by atoms with Crippen molar-refractivity contribution in [3.63, 3.8) is 0 Å². The van der Waals surface area contributed by atoms with Gasteiger partial charge in [-0.1, -0.05) is 37.9 Å². The summed E-state index contributed by atoms with van der Waals surface area (Å²) < 4.78 is 1.21. The summed E-state index contributed by atoms with van der Waals surface area (Å²) >= 11 is 7.08.